The molecule has 2 aromatic carbocycles. The summed E-state index contributed by atoms with van der Waals surface area (Å²) in [6.07, 6.45) is 0.444. The van der Waals surface area contributed by atoms with E-state index >= 15 is 0 Å². The molecule has 2 aromatic rings. The molecule has 0 saturated heterocycles. The number of halogens is 2. The predicted octanol–water partition coefficient (Wildman–Crippen LogP) is 4.32. The molecule has 4 nitrogen and oxygen atoms in total. The molecule has 0 fully saturated rings. The number of amides is 1. The summed E-state index contributed by atoms with van der Waals surface area (Å²) in [4.78, 5) is 27.1. The van der Waals surface area contributed by atoms with Gasteiger partial charge in [0.15, 0.2) is 11.4 Å². The van der Waals surface area contributed by atoms with E-state index in [-0.39, 0.29) is 12.2 Å². The molecule has 1 atom stereocenters. The lowest BCUT2D eigenvalue weighted by Gasteiger charge is -2.22. The van der Waals surface area contributed by atoms with Crippen molar-refractivity contribution in [1.29, 1.82) is 0 Å². The summed E-state index contributed by atoms with van der Waals surface area (Å²) >= 11 is 9.22. The number of fused-ring (bicyclic) bond motifs is 1. The van der Waals surface area contributed by atoms with E-state index in [9.17, 15) is 14.7 Å². The number of rotatable bonds is 5. The molecule has 0 spiro atoms. The van der Waals surface area contributed by atoms with Crippen LogP contribution < -0.4 is 4.90 Å². The fourth-order valence-electron chi connectivity index (χ4n) is 3.11. The Kier molecular flexibility index (Phi) is 5.00. The van der Waals surface area contributed by atoms with Crippen LogP contribution in [0.15, 0.2) is 46.9 Å². The number of hydrogen-bond donors (Lipinski definition) is 1. The molecule has 1 heterocycles. The Labute approximate surface area is 159 Å². The van der Waals surface area contributed by atoms with Gasteiger partial charge in [-0.1, -0.05) is 34.5 Å². The summed E-state index contributed by atoms with van der Waals surface area (Å²) in [6, 6.07) is 11.7. The molecule has 0 aliphatic carbocycles. The molecule has 1 N–H and O–H groups in total. The first-order chi connectivity index (χ1) is 11.9. The van der Waals surface area contributed by atoms with Gasteiger partial charge in [-0.25, -0.2) is 0 Å². The molecule has 1 aliphatic rings. The lowest BCUT2D eigenvalue weighted by molar-refractivity contribution is -0.135. The van der Waals surface area contributed by atoms with Crippen LogP contribution in [0.2, 0.25) is 5.02 Å². The van der Waals surface area contributed by atoms with Crippen molar-refractivity contribution in [1.82, 2.24) is 0 Å². The largest absolute Gasteiger partial charge is 0.375 e. The quantitative estimate of drug-likeness (QED) is 0.730. The maximum Gasteiger partial charge on any atom is 0.264 e. The molecule has 0 bridgehead atoms. The van der Waals surface area contributed by atoms with Crippen LogP contribution in [0.1, 0.15) is 35.7 Å². The van der Waals surface area contributed by atoms with E-state index in [0.717, 1.165) is 10.9 Å². The topological polar surface area (TPSA) is 57.6 Å². The number of nitrogens with zero attached hydrogens (tertiary/aromatic N) is 1. The van der Waals surface area contributed by atoms with Crippen LogP contribution >= 0.6 is 27.5 Å². The minimum atomic E-state index is -1.86. The zero-order chi connectivity index (χ0) is 18.2. The standard InChI is InChI=1S/C19H17BrClNO3/c1-2-9-22-16-8-5-13(20)10-15(16)19(25,18(22)24)11-17(23)12-3-6-14(21)7-4-12/h3-8,10,25H,2,9,11H2,1H3/t19-/m0/s1. The SMILES string of the molecule is CCCN1C(=O)[C@](O)(CC(=O)c2ccc(Cl)cc2)c2cc(Br)ccc21. The Morgan fingerprint density at radius 1 is 1.24 bits per heavy atom. The molecule has 130 valence electrons. The Bertz CT molecular complexity index is 837. The van der Waals surface area contributed by atoms with Crippen LogP contribution in [-0.2, 0) is 10.4 Å². The summed E-state index contributed by atoms with van der Waals surface area (Å²) < 4.78 is 0.745. The lowest BCUT2D eigenvalue weighted by atomic mass is 9.88. The fraction of sp³-hybridized carbons (Fsp3) is 0.263. The molecular weight excluding hydrogens is 406 g/mol. The number of Topliss-reactive ketones (excluding diaryl/α,β-unsaturated/α-hetero) is 1. The summed E-state index contributed by atoms with van der Waals surface area (Å²) in [6.45, 7) is 2.45. The smallest absolute Gasteiger partial charge is 0.264 e. The Morgan fingerprint density at radius 3 is 2.56 bits per heavy atom. The van der Waals surface area contributed by atoms with Crippen LogP contribution in [0.5, 0.6) is 0 Å². The van der Waals surface area contributed by atoms with Gasteiger partial charge in [0.25, 0.3) is 5.91 Å². The monoisotopic (exact) mass is 421 g/mol. The minimum Gasteiger partial charge on any atom is -0.375 e. The van der Waals surface area contributed by atoms with Crippen molar-refractivity contribution in [2.24, 2.45) is 0 Å². The molecule has 0 unspecified atom stereocenters. The van der Waals surface area contributed by atoms with Crippen LogP contribution in [0, 0.1) is 0 Å². The number of carbonyl (C=O) groups is 2. The van der Waals surface area contributed by atoms with Gasteiger partial charge in [0, 0.05) is 27.2 Å². The highest BCUT2D eigenvalue weighted by Gasteiger charge is 2.50. The first kappa shape index (κ1) is 18.1. The highest BCUT2D eigenvalue weighted by molar-refractivity contribution is 9.10. The first-order valence-electron chi connectivity index (χ1n) is 8.00. The van der Waals surface area contributed by atoms with Gasteiger partial charge in [-0.15, -0.1) is 0 Å². The van der Waals surface area contributed by atoms with E-state index < -0.39 is 11.5 Å². The van der Waals surface area contributed by atoms with Crippen molar-refractivity contribution in [3.05, 3.63) is 63.1 Å². The molecule has 25 heavy (non-hydrogen) atoms. The van der Waals surface area contributed by atoms with Crippen LogP contribution in [-0.4, -0.2) is 23.3 Å². The third kappa shape index (κ3) is 3.24. The molecule has 1 aliphatic heterocycles. The molecular formula is C19H17BrClNO3. The van der Waals surface area contributed by atoms with Crippen molar-refractivity contribution < 1.29 is 14.7 Å². The number of benzene rings is 2. The van der Waals surface area contributed by atoms with Gasteiger partial charge in [-0.3, -0.25) is 9.59 Å². The van der Waals surface area contributed by atoms with Gasteiger partial charge in [0.1, 0.15) is 0 Å². The van der Waals surface area contributed by atoms with Gasteiger partial charge in [-0.05, 0) is 48.9 Å². The Balaban J connectivity index is 1.99. The van der Waals surface area contributed by atoms with Crippen molar-refractivity contribution in [2.45, 2.75) is 25.4 Å². The van der Waals surface area contributed by atoms with Crippen LogP contribution in [0.25, 0.3) is 0 Å². The highest BCUT2D eigenvalue weighted by atomic mass is 79.9. The van der Waals surface area contributed by atoms with Gasteiger partial charge >= 0.3 is 0 Å². The second-order valence-corrected chi connectivity index (χ2v) is 7.44. The van der Waals surface area contributed by atoms with Crippen molar-refractivity contribution in [3.63, 3.8) is 0 Å². The number of hydrogen-bond acceptors (Lipinski definition) is 3. The van der Waals surface area contributed by atoms with E-state index in [1.165, 1.54) is 0 Å². The zero-order valence-corrected chi connectivity index (χ0v) is 16.0. The molecule has 0 radical (unpaired) electrons. The average Bonchev–Trinajstić information content (AvgIpc) is 2.77. The first-order valence-corrected chi connectivity index (χ1v) is 9.17. The third-order valence-corrected chi connectivity index (χ3v) is 5.07. The van der Waals surface area contributed by atoms with Gasteiger partial charge < -0.3 is 10.0 Å². The molecule has 6 heteroatoms. The summed E-state index contributed by atoms with van der Waals surface area (Å²) in [5.41, 5.74) is -0.328. The number of ketones is 1. The van der Waals surface area contributed by atoms with E-state index in [1.54, 1.807) is 41.3 Å². The van der Waals surface area contributed by atoms with Crippen molar-refractivity contribution in [2.75, 3.05) is 11.4 Å². The number of aliphatic hydroxyl groups is 1. The van der Waals surface area contributed by atoms with E-state index in [0.29, 0.717) is 28.4 Å². The summed E-state index contributed by atoms with van der Waals surface area (Å²) in [5, 5.41) is 11.7. The lowest BCUT2D eigenvalue weighted by Crippen LogP contribution is -2.42. The van der Waals surface area contributed by atoms with E-state index in [4.69, 9.17) is 11.6 Å². The second kappa shape index (κ2) is 6.90. The number of anilines is 1. The average molecular weight is 423 g/mol. The maximum absolute atomic E-state index is 12.9. The Morgan fingerprint density at radius 2 is 1.92 bits per heavy atom. The number of carbonyl (C=O) groups excluding carboxylic acids is 2. The summed E-state index contributed by atoms with van der Waals surface area (Å²) in [7, 11) is 0. The highest BCUT2D eigenvalue weighted by Crippen LogP contribution is 2.44. The molecule has 3 rings (SSSR count). The van der Waals surface area contributed by atoms with Crippen molar-refractivity contribution >= 4 is 44.9 Å². The van der Waals surface area contributed by atoms with E-state index in [2.05, 4.69) is 15.9 Å². The van der Waals surface area contributed by atoms with Gasteiger partial charge in [0.2, 0.25) is 0 Å². The molecule has 1 amide bonds. The van der Waals surface area contributed by atoms with Crippen LogP contribution in [0.3, 0.4) is 0 Å². The third-order valence-electron chi connectivity index (χ3n) is 4.32. The van der Waals surface area contributed by atoms with Crippen LogP contribution in [0.4, 0.5) is 5.69 Å². The van der Waals surface area contributed by atoms with Gasteiger partial charge in [0.05, 0.1) is 12.1 Å². The Hall–Kier alpha value is -1.69. The normalized spacial score (nSPS) is 19.2. The van der Waals surface area contributed by atoms with Gasteiger partial charge in [-0.2, -0.15) is 0 Å². The predicted molar refractivity (Wildman–Crippen MR) is 101 cm³/mol. The minimum absolute atomic E-state index is 0.308. The second-order valence-electron chi connectivity index (χ2n) is 6.09. The van der Waals surface area contributed by atoms with Crippen molar-refractivity contribution in [3.8, 4) is 0 Å². The molecule has 0 aromatic heterocycles. The summed E-state index contributed by atoms with van der Waals surface area (Å²) in [5.74, 6) is -0.762. The maximum atomic E-state index is 12.9. The zero-order valence-electron chi connectivity index (χ0n) is 13.6. The molecule has 0 saturated carbocycles. The van der Waals surface area contributed by atoms with E-state index in [1.807, 2.05) is 13.0 Å². The fourth-order valence-corrected chi connectivity index (χ4v) is 3.60.